The summed E-state index contributed by atoms with van der Waals surface area (Å²) in [6, 6.07) is 1.98. The van der Waals surface area contributed by atoms with Crippen molar-refractivity contribution < 1.29 is 9.90 Å². The van der Waals surface area contributed by atoms with Gasteiger partial charge in [0.15, 0.2) is 0 Å². The molecule has 1 aromatic rings. The van der Waals surface area contributed by atoms with Crippen LogP contribution in [0.4, 0.5) is 0 Å². The lowest BCUT2D eigenvalue weighted by Crippen LogP contribution is -2.42. The minimum absolute atomic E-state index is 0.516. The molecular weight excluding hydrogens is 192 g/mol. The van der Waals surface area contributed by atoms with Gasteiger partial charge in [-0.15, -0.1) is 0 Å². The van der Waals surface area contributed by atoms with E-state index < -0.39 is 11.4 Å². The predicted molar refractivity (Wildman–Crippen MR) is 55.6 cm³/mol. The quantitative estimate of drug-likeness (QED) is 0.823. The van der Waals surface area contributed by atoms with Gasteiger partial charge in [0.05, 0.1) is 17.7 Å². The van der Waals surface area contributed by atoms with Crippen LogP contribution in [-0.4, -0.2) is 20.9 Å². The molecule has 0 aliphatic heterocycles. The first-order chi connectivity index (χ1) is 7.03. The molecule has 1 aliphatic carbocycles. The van der Waals surface area contributed by atoms with Crippen molar-refractivity contribution in [2.24, 2.45) is 5.41 Å². The molecule has 1 heterocycles. The fourth-order valence-corrected chi connectivity index (χ4v) is 2.16. The third-order valence-corrected chi connectivity index (χ3v) is 3.32. The standard InChI is InChI=1S/C11H16N2O2/c1-8-6-9(2)13(12-8)7-11(10(14)15)4-3-5-11/h6H,3-5,7H2,1-2H3,(H,14,15). The molecule has 0 amide bonds. The molecule has 0 unspecified atom stereocenters. The normalized spacial score (nSPS) is 18.5. The molecule has 15 heavy (non-hydrogen) atoms. The summed E-state index contributed by atoms with van der Waals surface area (Å²) in [7, 11) is 0. The zero-order chi connectivity index (χ0) is 11.1. The van der Waals surface area contributed by atoms with E-state index in [1.54, 1.807) is 0 Å². The van der Waals surface area contributed by atoms with E-state index in [4.69, 9.17) is 0 Å². The number of carbonyl (C=O) groups is 1. The highest BCUT2D eigenvalue weighted by Crippen LogP contribution is 2.42. The highest BCUT2D eigenvalue weighted by Gasteiger charge is 2.45. The predicted octanol–water partition coefficient (Wildman–Crippen LogP) is 1.75. The molecule has 1 saturated carbocycles. The van der Waals surface area contributed by atoms with Gasteiger partial charge in [-0.05, 0) is 32.8 Å². The summed E-state index contributed by atoms with van der Waals surface area (Å²) in [5.74, 6) is -0.679. The van der Waals surface area contributed by atoms with Gasteiger partial charge < -0.3 is 5.11 Å². The number of aryl methyl sites for hydroxylation is 2. The fraction of sp³-hybridized carbons (Fsp3) is 0.636. The number of hydrogen-bond acceptors (Lipinski definition) is 2. The average Bonchev–Trinajstić information content (AvgIpc) is 2.37. The molecule has 0 bridgehead atoms. The van der Waals surface area contributed by atoms with Crippen LogP contribution in [0.25, 0.3) is 0 Å². The molecule has 4 heteroatoms. The van der Waals surface area contributed by atoms with E-state index in [-0.39, 0.29) is 0 Å². The molecule has 1 fully saturated rings. The van der Waals surface area contributed by atoms with E-state index >= 15 is 0 Å². The topological polar surface area (TPSA) is 55.1 Å². The third-order valence-electron chi connectivity index (χ3n) is 3.32. The number of aromatic nitrogens is 2. The second-order valence-corrected chi connectivity index (χ2v) is 4.52. The van der Waals surface area contributed by atoms with Crippen molar-refractivity contribution in [1.82, 2.24) is 9.78 Å². The average molecular weight is 208 g/mol. The summed E-state index contributed by atoms with van der Waals surface area (Å²) in [6.45, 7) is 4.41. The molecule has 1 aromatic heterocycles. The Labute approximate surface area is 88.9 Å². The van der Waals surface area contributed by atoms with E-state index in [0.717, 1.165) is 30.7 Å². The number of rotatable bonds is 3. The Kier molecular flexibility index (Phi) is 2.29. The van der Waals surface area contributed by atoms with Gasteiger partial charge in [0, 0.05) is 5.69 Å². The van der Waals surface area contributed by atoms with Crippen LogP contribution in [0.3, 0.4) is 0 Å². The maximum Gasteiger partial charge on any atom is 0.311 e. The Hall–Kier alpha value is -1.32. The first-order valence-corrected chi connectivity index (χ1v) is 5.28. The molecule has 0 spiro atoms. The van der Waals surface area contributed by atoms with Crippen molar-refractivity contribution in [3.05, 3.63) is 17.5 Å². The number of nitrogens with zero attached hydrogens (tertiary/aromatic N) is 2. The van der Waals surface area contributed by atoms with Crippen molar-refractivity contribution >= 4 is 5.97 Å². The zero-order valence-corrected chi connectivity index (χ0v) is 9.16. The lowest BCUT2D eigenvalue weighted by atomic mass is 9.69. The van der Waals surface area contributed by atoms with Gasteiger partial charge in [-0.25, -0.2) is 0 Å². The van der Waals surface area contributed by atoms with Gasteiger partial charge >= 0.3 is 5.97 Å². The summed E-state index contributed by atoms with van der Waals surface area (Å²) in [5.41, 5.74) is 1.44. The maximum absolute atomic E-state index is 11.2. The SMILES string of the molecule is Cc1cc(C)n(CC2(C(=O)O)CCC2)n1. The van der Waals surface area contributed by atoms with E-state index in [0.29, 0.717) is 6.54 Å². The molecule has 1 N–H and O–H groups in total. The number of carboxylic acids is 1. The Morgan fingerprint density at radius 1 is 1.60 bits per heavy atom. The lowest BCUT2D eigenvalue weighted by molar-refractivity contribution is -0.156. The van der Waals surface area contributed by atoms with Crippen LogP contribution in [0.1, 0.15) is 30.7 Å². The smallest absolute Gasteiger partial charge is 0.311 e. The number of hydrogen-bond donors (Lipinski definition) is 1. The number of carboxylic acid groups (broad SMARTS) is 1. The molecule has 0 radical (unpaired) electrons. The summed E-state index contributed by atoms with van der Waals surface area (Å²) >= 11 is 0. The van der Waals surface area contributed by atoms with Crippen molar-refractivity contribution in [3.8, 4) is 0 Å². The van der Waals surface area contributed by atoms with Crippen LogP contribution in [0.15, 0.2) is 6.07 Å². The fourth-order valence-electron chi connectivity index (χ4n) is 2.16. The van der Waals surface area contributed by atoms with Crippen LogP contribution in [0, 0.1) is 19.3 Å². The Morgan fingerprint density at radius 2 is 2.27 bits per heavy atom. The Bertz CT molecular complexity index is 391. The molecule has 1 aliphatic rings. The van der Waals surface area contributed by atoms with Crippen molar-refractivity contribution in [2.45, 2.75) is 39.7 Å². The summed E-state index contributed by atoms with van der Waals surface area (Å²) in [5, 5.41) is 13.5. The largest absolute Gasteiger partial charge is 0.481 e. The van der Waals surface area contributed by atoms with Crippen molar-refractivity contribution in [3.63, 3.8) is 0 Å². The molecule has 0 aromatic carbocycles. The van der Waals surface area contributed by atoms with Gasteiger partial charge in [-0.3, -0.25) is 9.48 Å². The number of aliphatic carboxylic acids is 1. The zero-order valence-electron chi connectivity index (χ0n) is 9.16. The highest BCUT2D eigenvalue weighted by molar-refractivity contribution is 5.75. The Balaban J connectivity index is 2.20. The van der Waals surface area contributed by atoms with E-state index in [1.807, 2.05) is 24.6 Å². The molecule has 82 valence electrons. The van der Waals surface area contributed by atoms with Crippen molar-refractivity contribution in [2.75, 3.05) is 0 Å². The summed E-state index contributed by atoms with van der Waals surface area (Å²) in [4.78, 5) is 11.2. The lowest BCUT2D eigenvalue weighted by Gasteiger charge is -2.37. The minimum atomic E-state index is -0.679. The first-order valence-electron chi connectivity index (χ1n) is 5.28. The van der Waals surface area contributed by atoms with E-state index in [2.05, 4.69) is 5.10 Å². The third kappa shape index (κ3) is 1.64. The van der Waals surface area contributed by atoms with Crippen LogP contribution >= 0.6 is 0 Å². The van der Waals surface area contributed by atoms with E-state index in [9.17, 15) is 9.90 Å². The van der Waals surface area contributed by atoms with Crippen LogP contribution in [0.5, 0.6) is 0 Å². The molecule has 0 saturated heterocycles. The summed E-state index contributed by atoms with van der Waals surface area (Å²) < 4.78 is 1.82. The van der Waals surface area contributed by atoms with Gasteiger partial charge in [0.25, 0.3) is 0 Å². The first kappa shape index (κ1) is 10.2. The maximum atomic E-state index is 11.2. The van der Waals surface area contributed by atoms with Gasteiger partial charge in [-0.2, -0.15) is 5.10 Å². The van der Waals surface area contributed by atoms with Crippen molar-refractivity contribution in [1.29, 1.82) is 0 Å². The van der Waals surface area contributed by atoms with Crippen LogP contribution in [-0.2, 0) is 11.3 Å². The van der Waals surface area contributed by atoms with E-state index in [1.165, 1.54) is 0 Å². The second-order valence-electron chi connectivity index (χ2n) is 4.52. The molecule has 2 rings (SSSR count). The van der Waals surface area contributed by atoms with Crippen LogP contribution in [0.2, 0.25) is 0 Å². The molecule has 4 nitrogen and oxygen atoms in total. The minimum Gasteiger partial charge on any atom is -0.481 e. The van der Waals surface area contributed by atoms with Crippen LogP contribution < -0.4 is 0 Å². The molecular formula is C11H16N2O2. The van der Waals surface area contributed by atoms with Gasteiger partial charge in [-0.1, -0.05) is 6.42 Å². The second kappa shape index (κ2) is 3.36. The highest BCUT2D eigenvalue weighted by atomic mass is 16.4. The Morgan fingerprint density at radius 3 is 2.60 bits per heavy atom. The molecule has 0 atom stereocenters. The monoisotopic (exact) mass is 208 g/mol. The van der Waals surface area contributed by atoms with Gasteiger partial charge in [0.1, 0.15) is 0 Å². The van der Waals surface area contributed by atoms with Gasteiger partial charge in [0.2, 0.25) is 0 Å². The summed E-state index contributed by atoms with van der Waals surface area (Å²) in [6.07, 6.45) is 2.58.